The summed E-state index contributed by atoms with van der Waals surface area (Å²) in [5.74, 6) is -0.00884. The lowest BCUT2D eigenvalue weighted by atomic mass is 9.85. The number of fused-ring (bicyclic) bond motifs is 1. The van der Waals surface area contributed by atoms with Crippen molar-refractivity contribution in [1.29, 1.82) is 0 Å². The molecule has 3 aromatic rings. The second-order valence-corrected chi connectivity index (χ2v) is 9.15. The van der Waals surface area contributed by atoms with Crippen LogP contribution in [-0.2, 0) is 22.7 Å². The van der Waals surface area contributed by atoms with E-state index in [1.807, 2.05) is 51.1 Å². The molecule has 1 N–H and O–H groups in total. The van der Waals surface area contributed by atoms with Gasteiger partial charge in [-0.05, 0) is 62.6 Å². The lowest BCUT2D eigenvalue weighted by Gasteiger charge is -2.32. The zero-order valence-corrected chi connectivity index (χ0v) is 20.6. The van der Waals surface area contributed by atoms with Crippen LogP contribution >= 0.6 is 11.6 Å². The Morgan fingerprint density at radius 2 is 2.03 bits per heavy atom. The third-order valence-electron chi connectivity index (χ3n) is 6.23. The van der Waals surface area contributed by atoms with E-state index in [2.05, 4.69) is 10.6 Å². The van der Waals surface area contributed by atoms with Gasteiger partial charge in [0.25, 0.3) is 0 Å². The van der Waals surface area contributed by atoms with E-state index in [0.29, 0.717) is 18.2 Å². The molecule has 34 heavy (non-hydrogen) atoms. The Kier molecular flexibility index (Phi) is 6.82. The fraction of sp³-hybridized carbons (Fsp3) is 0.333. The molecule has 0 spiro atoms. The number of aromatic nitrogens is 2. The molecule has 1 aliphatic carbocycles. The van der Waals surface area contributed by atoms with E-state index in [1.54, 1.807) is 25.2 Å². The van der Waals surface area contributed by atoms with E-state index >= 15 is 0 Å². The van der Waals surface area contributed by atoms with Gasteiger partial charge in [-0.2, -0.15) is 0 Å². The van der Waals surface area contributed by atoms with Crippen molar-refractivity contribution >= 4 is 28.6 Å². The molecule has 4 rings (SSSR count). The van der Waals surface area contributed by atoms with Crippen LogP contribution in [0.25, 0.3) is 11.0 Å². The third kappa shape index (κ3) is 4.74. The van der Waals surface area contributed by atoms with Crippen LogP contribution in [0.15, 0.2) is 54.6 Å². The first-order chi connectivity index (χ1) is 16.2. The molecule has 0 aliphatic heterocycles. The molecule has 2 unspecified atom stereocenters. The second-order valence-electron chi connectivity index (χ2n) is 8.74. The number of hydrogen-bond acceptors (Lipinski definition) is 4. The topological polar surface area (TPSA) is 73.6 Å². The maximum absolute atomic E-state index is 11.7. The Morgan fingerprint density at radius 3 is 2.74 bits per heavy atom. The van der Waals surface area contributed by atoms with Crippen LogP contribution in [0, 0.1) is 19.8 Å². The highest BCUT2D eigenvalue weighted by Gasteiger charge is 2.37. The second kappa shape index (κ2) is 9.65. The van der Waals surface area contributed by atoms with Crippen molar-refractivity contribution in [2.75, 3.05) is 6.61 Å². The molecule has 0 bridgehead atoms. The lowest BCUT2D eigenvalue weighted by Crippen LogP contribution is -2.40. The molecule has 2 atom stereocenters. The van der Waals surface area contributed by atoms with Crippen LogP contribution in [0.5, 0.6) is 5.75 Å². The maximum atomic E-state index is 11.7. The number of aryl methyl sites for hydroxylation is 2. The van der Waals surface area contributed by atoms with Crippen molar-refractivity contribution in [2.24, 2.45) is 5.92 Å². The number of nitrogens with zero attached hydrogens (tertiary/aromatic N) is 2. The van der Waals surface area contributed by atoms with Crippen LogP contribution in [0.1, 0.15) is 36.4 Å². The summed E-state index contributed by atoms with van der Waals surface area (Å²) in [5, 5.41) is 10.3. The minimum atomic E-state index is -0.921. The molecule has 0 fully saturated rings. The highest BCUT2D eigenvalue weighted by atomic mass is 35.5. The number of rotatable bonds is 8. The Hall–Kier alpha value is -3.09. The SMILES string of the molecule is CCOc1ccc(Cn2c(C)nc3c(C)cc(COC4(C)C=CC=CC4C(=O)O)cc32)c(Cl)c1. The summed E-state index contributed by atoms with van der Waals surface area (Å²) in [6, 6.07) is 9.85. The summed E-state index contributed by atoms with van der Waals surface area (Å²) < 4.78 is 13.9. The zero-order valence-electron chi connectivity index (χ0n) is 19.8. The average Bonchev–Trinajstić information content (AvgIpc) is 3.10. The van der Waals surface area contributed by atoms with Crippen molar-refractivity contribution in [3.63, 3.8) is 0 Å². The number of ether oxygens (including phenoxy) is 2. The molecule has 7 heteroatoms. The Balaban J connectivity index is 1.63. The zero-order chi connectivity index (χ0) is 24.5. The predicted octanol–water partition coefficient (Wildman–Crippen LogP) is 5.86. The van der Waals surface area contributed by atoms with Crippen molar-refractivity contribution in [3.8, 4) is 5.75 Å². The van der Waals surface area contributed by atoms with E-state index in [9.17, 15) is 9.90 Å². The summed E-state index contributed by atoms with van der Waals surface area (Å²) in [7, 11) is 0. The predicted molar refractivity (Wildman–Crippen MR) is 134 cm³/mol. The van der Waals surface area contributed by atoms with Crippen molar-refractivity contribution in [1.82, 2.24) is 9.55 Å². The van der Waals surface area contributed by atoms with E-state index in [4.69, 9.17) is 26.1 Å². The smallest absolute Gasteiger partial charge is 0.313 e. The normalized spacial score (nSPS) is 19.6. The van der Waals surface area contributed by atoms with Crippen LogP contribution in [-0.4, -0.2) is 32.8 Å². The average molecular weight is 481 g/mol. The molecule has 1 aliphatic rings. The third-order valence-corrected chi connectivity index (χ3v) is 6.59. The first kappa shape index (κ1) is 24.0. The van der Waals surface area contributed by atoms with Gasteiger partial charge < -0.3 is 19.1 Å². The van der Waals surface area contributed by atoms with Gasteiger partial charge in [0.05, 0.1) is 30.8 Å². The number of benzene rings is 2. The Morgan fingerprint density at radius 1 is 1.24 bits per heavy atom. The molecule has 0 saturated heterocycles. The number of carboxylic acid groups (broad SMARTS) is 1. The molecule has 0 amide bonds. The van der Waals surface area contributed by atoms with Gasteiger partial charge in [-0.3, -0.25) is 4.79 Å². The maximum Gasteiger partial charge on any atom is 0.313 e. The van der Waals surface area contributed by atoms with E-state index in [-0.39, 0.29) is 6.61 Å². The fourth-order valence-electron chi connectivity index (χ4n) is 4.37. The van der Waals surface area contributed by atoms with Gasteiger partial charge in [-0.15, -0.1) is 0 Å². The summed E-state index contributed by atoms with van der Waals surface area (Å²) in [5.41, 5.74) is 3.96. The monoisotopic (exact) mass is 480 g/mol. The van der Waals surface area contributed by atoms with Gasteiger partial charge in [0.1, 0.15) is 23.1 Å². The highest BCUT2D eigenvalue weighted by Crippen LogP contribution is 2.31. The summed E-state index contributed by atoms with van der Waals surface area (Å²) in [6.07, 6.45) is 7.04. The minimum absolute atomic E-state index is 0.281. The van der Waals surface area contributed by atoms with Crippen LogP contribution in [0.4, 0.5) is 0 Å². The lowest BCUT2D eigenvalue weighted by molar-refractivity contribution is -0.149. The molecule has 6 nitrogen and oxygen atoms in total. The quantitative estimate of drug-likeness (QED) is 0.437. The molecular weight excluding hydrogens is 452 g/mol. The van der Waals surface area contributed by atoms with Crippen LogP contribution < -0.4 is 4.74 Å². The number of imidazole rings is 1. The first-order valence-electron chi connectivity index (χ1n) is 11.3. The van der Waals surface area contributed by atoms with Gasteiger partial charge in [0, 0.05) is 5.02 Å². The summed E-state index contributed by atoms with van der Waals surface area (Å²) >= 11 is 6.54. The molecule has 178 valence electrons. The number of allylic oxidation sites excluding steroid dienone is 2. The van der Waals surface area contributed by atoms with Crippen molar-refractivity contribution in [3.05, 3.63) is 82.2 Å². The van der Waals surface area contributed by atoms with Gasteiger partial charge in [0.2, 0.25) is 0 Å². The van der Waals surface area contributed by atoms with Crippen molar-refractivity contribution in [2.45, 2.75) is 46.4 Å². The minimum Gasteiger partial charge on any atom is -0.494 e. The molecular formula is C27H29ClN2O4. The largest absolute Gasteiger partial charge is 0.494 e. The fourth-order valence-corrected chi connectivity index (χ4v) is 4.60. The van der Waals surface area contributed by atoms with E-state index < -0.39 is 17.5 Å². The van der Waals surface area contributed by atoms with E-state index in [1.165, 1.54) is 0 Å². The number of hydrogen-bond donors (Lipinski definition) is 1. The Bertz CT molecular complexity index is 1290. The Labute approximate surface area is 204 Å². The number of halogens is 1. The molecule has 1 heterocycles. The van der Waals surface area contributed by atoms with Crippen molar-refractivity contribution < 1.29 is 19.4 Å². The first-order valence-corrected chi connectivity index (χ1v) is 11.7. The standard InChI is InChI=1S/C27H29ClN2O4/c1-5-33-21-10-9-20(23(28)14-21)15-30-18(3)29-25-17(2)12-19(13-24(25)30)16-34-27(4)11-7-6-8-22(27)26(31)32/h6-14,22H,5,15-16H2,1-4H3,(H,31,32). The molecule has 2 aromatic carbocycles. The molecule has 0 saturated carbocycles. The summed E-state index contributed by atoms with van der Waals surface area (Å²) in [4.78, 5) is 16.5. The van der Waals surface area contributed by atoms with Gasteiger partial charge in [0.15, 0.2) is 0 Å². The van der Waals surface area contributed by atoms with Gasteiger partial charge >= 0.3 is 5.97 Å². The number of carboxylic acids is 1. The molecule has 1 aromatic heterocycles. The van der Waals surface area contributed by atoms with Crippen LogP contribution in [0.3, 0.4) is 0 Å². The number of aliphatic carboxylic acids is 1. The summed E-state index contributed by atoms with van der Waals surface area (Å²) in [6.45, 7) is 9.19. The number of carbonyl (C=O) groups is 1. The highest BCUT2D eigenvalue weighted by molar-refractivity contribution is 6.31. The van der Waals surface area contributed by atoms with Gasteiger partial charge in [-0.25, -0.2) is 4.98 Å². The molecule has 0 radical (unpaired) electrons. The van der Waals surface area contributed by atoms with E-state index in [0.717, 1.165) is 39.3 Å². The van der Waals surface area contributed by atoms with Gasteiger partial charge in [-0.1, -0.05) is 48.0 Å². The van der Waals surface area contributed by atoms with Crippen LogP contribution in [0.2, 0.25) is 5.02 Å².